The highest BCUT2D eigenvalue weighted by Crippen LogP contribution is 2.36. The molecule has 0 saturated carbocycles. The molecule has 1 saturated heterocycles. The SMILES string of the molecule is COc1ncc(-c2ccnc3c2ccn3S(=O)(=O)c2ccccc2)cc1-c1nc2cc(N3CCN(C(=O)OC(C)(C)C)CC3)ccc2[nH]1. The maximum atomic E-state index is 13.4. The lowest BCUT2D eigenvalue weighted by molar-refractivity contribution is 0.0240. The van der Waals surface area contributed by atoms with E-state index in [4.69, 9.17) is 14.5 Å². The van der Waals surface area contributed by atoms with Crippen molar-refractivity contribution in [3.63, 3.8) is 0 Å². The summed E-state index contributed by atoms with van der Waals surface area (Å²) in [6.07, 6.45) is 4.52. The molecule has 0 aliphatic carbocycles. The second-order valence-electron chi connectivity index (χ2n) is 12.5. The van der Waals surface area contributed by atoms with Gasteiger partial charge in [0, 0.05) is 61.4 Å². The van der Waals surface area contributed by atoms with Gasteiger partial charge in [0.05, 0.1) is 28.6 Å². The van der Waals surface area contributed by atoms with E-state index in [0.717, 1.165) is 27.8 Å². The molecule has 1 N–H and O–H groups in total. The Labute approximate surface area is 278 Å². The van der Waals surface area contributed by atoms with Crippen LogP contribution in [0.15, 0.2) is 90.2 Å². The Bertz CT molecular complexity index is 2250. The Morgan fingerprint density at radius 2 is 1.69 bits per heavy atom. The van der Waals surface area contributed by atoms with Gasteiger partial charge in [-0.15, -0.1) is 0 Å². The number of nitrogens with zero attached hydrogens (tertiary/aromatic N) is 6. The molecule has 0 atom stereocenters. The zero-order valence-corrected chi connectivity index (χ0v) is 27.9. The number of anilines is 1. The van der Waals surface area contributed by atoms with Gasteiger partial charge in [-0.2, -0.15) is 0 Å². The van der Waals surface area contributed by atoms with Crippen LogP contribution in [0.25, 0.3) is 44.6 Å². The topological polar surface area (TPSA) is 136 Å². The minimum absolute atomic E-state index is 0.180. The molecular weight excluding hydrogens is 630 g/mol. The van der Waals surface area contributed by atoms with Gasteiger partial charge < -0.3 is 24.3 Å². The van der Waals surface area contributed by atoms with Crippen LogP contribution in [0, 0.1) is 0 Å². The second kappa shape index (κ2) is 12.0. The van der Waals surface area contributed by atoms with E-state index in [-0.39, 0.29) is 11.0 Å². The molecule has 246 valence electrons. The molecule has 5 heterocycles. The molecule has 2 aromatic carbocycles. The number of hydrogen-bond acceptors (Lipinski definition) is 9. The number of H-pyrrole nitrogens is 1. The van der Waals surface area contributed by atoms with Crippen molar-refractivity contribution in [2.75, 3.05) is 38.2 Å². The summed E-state index contributed by atoms with van der Waals surface area (Å²) < 4.78 is 39.2. The van der Waals surface area contributed by atoms with Gasteiger partial charge in [-0.3, -0.25) is 0 Å². The lowest BCUT2D eigenvalue weighted by Gasteiger charge is -2.36. The Hall–Kier alpha value is -5.43. The van der Waals surface area contributed by atoms with Gasteiger partial charge in [0.15, 0.2) is 5.65 Å². The quantitative estimate of drug-likeness (QED) is 0.229. The fraction of sp³-hybridized carbons (Fsp3) is 0.257. The van der Waals surface area contributed by atoms with Crippen LogP contribution in [0.1, 0.15) is 20.8 Å². The van der Waals surface area contributed by atoms with Gasteiger partial charge in [0.1, 0.15) is 11.4 Å². The van der Waals surface area contributed by atoms with Crippen LogP contribution >= 0.6 is 0 Å². The van der Waals surface area contributed by atoms with Crippen molar-refractivity contribution in [2.24, 2.45) is 0 Å². The van der Waals surface area contributed by atoms with Gasteiger partial charge in [-0.05, 0) is 74.9 Å². The number of benzene rings is 2. The first-order chi connectivity index (χ1) is 23.0. The zero-order chi connectivity index (χ0) is 33.6. The smallest absolute Gasteiger partial charge is 0.410 e. The maximum absolute atomic E-state index is 13.4. The minimum Gasteiger partial charge on any atom is -0.480 e. The molecule has 13 heteroatoms. The summed E-state index contributed by atoms with van der Waals surface area (Å²) in [6, 6.07) is 19.9. The normalized spacial score (nSPS) is 14.1. The van der Waals surface area contributed by atoms with Crippen molar-refractivity contribution in [3.05, 3.63) is 85.3 Å². The molecule has 0 bridgehead atoms. The van der Waals surface area contributed by atoms with Crippen molar-refractivity contribution in [1.82, 2.24) is 28.8 Å². The number of carbonyl (C=O) groups is 1. The molecule has 1 fully saturated rings. The maximum Gasteiger partial charge on any atom is 0.410 e. The summed E-state index contributed by atoms with van der Waals surface area (Å²) in [6.45, 7) is 8.10. The average Bonchev–Trinajstić information content (AvgIpc) is 3.72. The lowest BCUT2D eigenvalue weighted by Crippen LogP contribution is -2.50. The molecule has 0 unspecified atom stereocenters. The molecule has 1 aliphatic heterocycles. The van der Waals surface area contributed by atoms with Crippen molar-refractivity contribution >= 4 is 43.9 Å². The first-order valence-corrected chi connectivity index (χ1v) is 17.0. The number of aromatic amines is 1. The van der Waals surface area contributed by atoms with Gasteiger partial charge >= 0.3 is 6.09 Å². The van der Waals surface area contributed by atoms with Crippen molar-refractivity contribution in [2.45, 2.75) is 31.3 Å². The van der Waals surface area contributed by atoms with Gasteiger partial charge in [-0.25, -0.2) is 32.1 Å². The molecule has 1 aliphatic rings. The van der Waals surface area contributed by atoms with Crippen molar-refractivity contribution < 1.29 is 22.7 Å². The third kappa shape index (κ3) is 5.81. The number of nitrogens with one attached hydrogen (secondary N) is 1. The number of imidazole rings is 1. The number of rotatable bonds is 6. The number of carbonyl (C=O) groups excluding carboxylic acids is 1. The highest BCUT2D eigenvalue weighted by molar-refractivity contribution is 7.90. The predicted octanol–water partition coefficient (Wildman–Crippen LogP) is 5.94. The van der Waals surface area contributed by atoms with E-state index >= 15 is 0 Å². The number of methoxy groups -OCH3 is 1. The molecule has 0 radical (unpaired) electrons. The first kappa shape index (κ1) is 31.2. The second-order valence-corrected chi connectivity index (χ2v) is 14.4. The average molecular weight is 666 g/mol. The molecule has 7 rings (SSSR count). The van der Waals surface area contributed by atoms with E-state index in [1.54, 1.807) is 60.8 Å². The fourth-order valence-corrected chi connectivity index (χ4v) is 7.21. The van der Waals surface area contributed by atoms with Crippen LogP contribution < -0.4 is 9.64 Å². The van der Waals surface area contributed by atoms with Crippen LogP contribution in [0.3, 0.4) is 0 Å². The summed E-state index contributed by atoms with van der Waals surface area (Å²) in [7, 11) is -2.29. The van der Waals surface area contributed by atoms with Crippen LogP contribution in [0.4, 0.5) is 10.5 Å². The molecule has 6 aromatic rings. The van der Waals surface area contributed by atoms with Crippen LogP contribution in [0.2, 0.25) is 0 Å². The van der Waals surface area contributed by atoms with E-state index in [1.165, 1.54) is 10.2 Å². The van der Waals surface area contributed by atoms with E-state index in [9.17, 15) is 13.2 Å². The summed E-state index contributed by atoms with van der Waals surface area (Å²) in [5.41, 5.74) is 4.59. The number of piperazine rings is 1. The number of amides is 1. The van der Waals surface area contributed by atoms with Crippen LogP contribution in [0.5, 0.6) is 5.88 Å². The number of aromatic nitrogens is 5. The number of ether oxygens (including phenoxy) is 2. The molecule has 4 aromatic heterocycles. The zero-order valence-electron chi connectivity index (χ0n) is 27.0. The third-order valence-corrected chi connectivity index (χ3v) is 9.91. The fourth-order valence-electron chi connectivity index (χ4n) is 5.89. The van der Waals surface area contributed by atoms with Crippen molar-refractivity contribution in [1.29, 1.82) is 0 Å². The summed E-state index contributed by atoms with van der Waals surface area (Å²) in [5.74, 6) is 0.975. The predicted molar refractivity (Wildman–Crippen MR) is 184 cm³/mol. The van der Waals surface area contributed by atoms with Crippen molar-refractivity contribution in [3.8, 4) is 28.4 Å². The molecule has 48 heavy (non-hydrogen) atoms. The summed E-state index contributed by atoms with van der Waals surface area (Å²) in [4.78, 5) is 34.0. The molecule has 1 amide bonds. The van der Waals surface area contributed by atoms with Crippen LogP contribution in [-0.2, 0) is 14.8 Å². The summed E-state index contributed by atoms with van der Waals surface area (Å²) in [5, 5.41) is 0.663. The van der Waals surface area contributed by atoms with Crippen LogP contribution in [-0.4, -0.2) is 82.2 Å². The van der Waals surface area contributed by atoms with E-state index in [1.807, 2.05) is 51.1 Å². The van der Waals surface area contributed by atoms with Gasteiger partial charge in [-0.1, -0.05) is 18.2 Å². The Balaban J connectivity index is 1.18. The van der Waals surface area contributed by atoms with E-state index < -0.39 is 15.6 Å². The molecule has 0 spiro atoms. The molecular formula is C35H35N7O5S. The highest BCUT2D eigenvalue weighted by atomic mass is 32.2. The van der Waals surface area contributed by atoms with Gasteiger partial charge in [0.2, 0.25) is 5.88 Å². The Morgan fingerprint density at radius 1 is 0.917 bits per heavy atom. The monoisotopic (exact) mass is 665 g/mol. The first-order valence-electron chi connectivity index (χ1n) is 15.6. The highest BCUT2D eigenvalue weighted by Gasteiger charge is 2.27. The Kier molecular flexibility index (Phi) is 7.78. The Morgan fingerprint density at radius 3 is 2.42 bits per heavy atom. The minimum atomic E-state index is -3.85. The summed E-state index contributed by atoms with van der Waals surface area (Å²) >= 11 is 0. The third-order valence-electron chi connectivity index (χ3n) is 8.23. The number of hydrogen-bond donors (Lipinski definition) is 1. The lowest BCUT2D eigenvalue weighted by atomic mass is 10.0. The number of fused-ring (bicyclic) bond motifs is 2. The number of pyridine rings is 2. The van der Waals surface area contributed by atoms with E-state index in [0.29, 0.717) is 54.5 Å². The van der Waals surface area contributed by atoms with Gasteiger partial charge in [0.25, 0.3) is 10.0 Å². The standard InChI is InChI=1S/C35H35N7O5S/c1-35(2,3)47-34(43)41-18-16-40(17-19-41)24-10-11-29-30(21-24)39-31(38-29)28-20-23(22-37-33(28)46-4)26-12-14-36-32-27(26)13-15-42(32)48(44,45)25-8-6-5-7-9-25/h5-15,20-22H,16-19H2,1-4H3,(H,38,39). The largest absolute Gasteiger partial charge is 0.480 e. The van der Waals surface area contributed by atoms with E-state index in [2.05, 4.69) is 19.9 Å². The molecule has 12 nitrogen and oxygen atoms in total.